The van der Waals surface area contributed by atoms with Gasteiger partial charge in [0.25, 0.3) is 0 Å². The third-order valence-corrected chi connectivity index (χ3v) is 9.66. The Labute approximate surface area is 253 Å². The molecule has 0 unspecified atom stereocenters. The topological polar surface area (TPSA) is 90.3 Å². The Morgan fingerprint density at radius 1 is 0.595 bits per heavy atom. The van der Waals surface area contributed by atoms with Gasteiger partial charge in [-0.25, -0.2) is 9.97 Å². The Bertz CT molecular complexity index is 1720. The monoisotopic (exact) mass is 594 g/mol. The smallest absolute Gasteiger partial charge is 0.124 e. The molecule has 4 aromatic carbocycles. The number of nitrogens with zero attached hydrogens (tertiary/aromatic N) is 2. The Hall–Kier alpha value is -3.50. The van der Waals surface area contributed by atoms with Crippen LogP contribution in [0.2, 0.25) is 0 Å². The van der Waals surface area contributed by atoms with Crippen LogP contribution in [0.1, 0.15) is 22.3 Å². The van der Waals surface area contributed by atoms with Crippen LogP contribution in [0.15, 0.2) is 72.8 Å². The fraction of sp³-hybridized carbons (Fsp3) is 0.235. The molecule has 6 nitrogen and oxygen atoms in total. The first-order valence-electron chi connectivity index (χ1n) is 14.2. The molecule has 42 heavy (non-hydrogen) atoms. The fourth-order valence-electron chi connectivity index (χ4n) is 5.33. The molecule has 0 atom stereocenters. The molecule has 4 N–H and O–H groups in total. The molecule has 0 aliphatic heterocycles. The summed E-state index contributed by atoms with van der Waals surface area (Å²) in [5.74, 6) is 0. The lowest BCUT2D eigenvalue weighted by atomic mass is 9.91. The maximum Gasteiger partial charge on any atom is 0.124 e. The molecule has 2 aromatic heterocycles. The van der Waals surface area contributed by atoms with E-state index in [9.17, 15) is 0 Å². The third-order valence-electron chi connectivity index (χ3n) is 7.56. The van der Waals surface area contributed by atoms with Crippen LogP contribution >= 0.6 is 22.7 Å². The van der Waals surface area contributed by atoms with E-state index in [-0.39, 0.29) is 13.2 Å². The lowest BCUT2D eigenvalue weighted by molar-refractivity contribution is 0.291. The van der Waals surface area contributed by atoms with E-state index in [0.717, 1.165) is 45.3 Å². The molecule has 0 fully saturated rings. The van der Waals surface area contributed by atoms with Crippen LogP contribution in [0.4, 0.5) is 0 Å². The number of fused-ring (bicyclic) bond motifs is 2. The highest BCUT2D eigenvalue weighted by Crippen LogP contribution is 2.40. The second-order valence-electron chi connectivity index (χ2n) is 10.4. The lowest BCUT2D eigenvalue weighted by Crippen LogP contribution is -2.17. The molecule has 6 rings (SSSR count). The van der Waals surface area contributed by atoms with Crippen LogP contribution in [0.5, 0.6) is 0 Å². The van der Waals surface area contributed by atoms with E-state index in [1.54, 1.807) is 22.7 Å². The van der Waals surface area contributed by atoms with Crippen molar-refractivity contribution in [2.24, 2.45) is 0 Å². The van der Waals surface area contributed by atoms with Crippen LogP contribution in [0, 0.1) is 13.8 Å². The largest absolute Gasteiger partial charge is 0.395 e. The van der Waals surface area contributed by atoms with Crippen molar-refractivity contribution < 1.29 is 10.2 Å². The Morgan fingerprint density at radius 3 is 1.45 bits per heavy atom. The first-order chi connectivity index (χ1) is 20.6. The van der Waals surface area contributed by atoms with Gasteiger partial charge in [-0.1, -0.05) is 48.5 Å². The highest BCUT2D eigenvalue weighted by Gasteiger charge is 2.17. The van der Waals surface area contributed by atoms with Gasteiger partial charge in [-0.2, -0.15) is 0 Å². The van der Waals surface area contributed by atoms with E-state index in [4.69, 9.17) is 20.2 Å². The quantitative estimate of drug-likeness (QED) is 0.125. The van der Waals surface area contributed by atoms with Gasteiger partial charge in [0, 0.05) is 37.3 Å². The lowest BCUT2D eigenvalue weighted by Gasteiger charge is -2.14. The predicted molar refractivity (Wildman–Crippen MR) is 176 cm³/mol. The Balaban J connectivity index is 1.32. The minimum atomic E-state index is 0.136. The van der Waals surface area contributed by atoms with Crippen LogP contribution in [-0.4, -0.2) is 46.5 Å². The minimum Gasteiger partial charge on any atom is -0.395 e. The average molecular weight is 595 g/mol. The zero-order valence-corrected chi connectivity index (χ0v) is 25.4. The van der Waals surface area contributed by atoms with Crippen molar-refractivity contribution in [1.82, 2.24) is 20.6 Å². The van der Waals surface area contributed by atoms with Crippen molar-refractivity contribution in [3.63, 3.8) is 0 Å². The van der Waals surface area contributed by atoms with Crippen LogP contribution < -0.4 is 10.6 Å². The van der Waals surface area contributed by atoms with Crippen LogP contribution in [0.3, 0.4) is 0 Å². The zero-order valence-electron chi connectivity index (χ0n) is 23.8. The number of benzene rings is 4. The maximum atomic E-state index is 9.06. The summed E-state index contributed by atoms with van der Waals surface area (Å²) in [4.78, 5) is 9.98. The van der Waals surface area contributed by atoms with Crippen molar-refractivity contribution in [2.45, 2.75) is 26.9 Å². The number of aliphatic hydroxyl groups excluding tert-OH is 2. The Kier molecular flexibility index (Phi) is 8.71. The second-order valence-corrected chi connectivity index (χ2v) is 12.5. The molecular formula is C34H34N4O2S2. The molecule has 8 heteroatoms. The summed E-state index contributed by atoms with van der Waals surface area (Å²) in [5.41, 5.74) is 11.5. The first-order valence-corrected chi connectivity index (χ1v) is 15.8. The van der Waals surface area contributed by atoms with Gasteiger partial charge in [0.05, 0.1) is 33.6 Å². The van der Waals surface area contributed by atoms with Crippen LogP contribution in [-0.2, 0) is 13.1 Å². The van der Waals surface area contributed by atoms with Crippen molar-refractivity contribution in [3.8, 4) is 32.3 Å². The summed E-state index contributed by atoms with van der Waals surface area (Å²) in [6.45, 7) is 7.28. The van der Waals surface area contributed by atoms with E-state index >= 15 is 0 Å². The molecule has 0 spiro atoms. The van der Waals surface area contributed by atoms with Crippen molar-refractivity contribution in [1.29, 1.82) is 0 Å². The molecule has 214 valence electrons. The molecule has 0 saturated carbocycles. The van der Waals surface area contributed by atoms with Gasteiger partial charge in [0.15, 0.2) is 0 Å². The van der Waals surface area contributed by atoms with Crippen molar-refractivity contribution >= 4 is 43.1 Å². The first kappa shape index (κ1) is 28.6. The minimum absolute atomic E-state index is 0.136. The molecule has 2 heterocycles. The van der Waals surface area contributed by atoms with Gasteiger partial charge in [-0.15, -0.1) is 22.7 Å². The Morgan fingerprint density at radius 2 is 1.02 bits per heavy atom. The van der Waals surface area contributed by atoms with Gasteiger partial charge in [0.2, 0.25) is 0 Å². The second kappa shape index (κ2) is 12.8. The number of aliphatic hydroxyl groups is 2. The summed E-state index contributed by atoms with van der Waals surface area (Å²) in [6.07, 6.45) is 0. The summed E-state index contributed by atoms with van der Waals surface area (Å²) in [6, 6.07) is 25.8. The summed E-state index contributed by atoms with van der Waals surface area (Å²) in [5, 5.41) is 26.7. The summed E-state index contributed by atoms with van der Waals surface area (Å²) >= 11 is 3.44. The molecule has 0 aliphatic rings. The molecule has 0 bridgehead atoms. The maximum absolute atomic E-state index is 9.06. The molecule has 0 aliphatic carbocycles. The van der Waals surface area contributed by atoms with E-state index < -0.39 is 0 Å². The van der Waals surface area contributed by atoms with Crippen molar-refractivity contribution in [3.05, 3.63) is 95.1 Å². The van der Waals surface area contributed by atoms with E-state index in [1.807, 2.05) is 0 Å². The molecular weight excluding hydrogens is 561 g/mol. The number of hydrogen-bond acceptors (Lipinski definition) is 8. The third kappa shape index (κ3) is 5.87. The summed E-state index contributed by atoms with van der Waals surface area (Å²) in [7, 11) is 0. The number of thiazole rings is 2. The molecule has 0 amide bonds. The van der Waals surface area contributed by atoms with Gasteiger partial charge in [-0.3, -0.25) is 0 Å². The number of nitrogens with one attached hydrogen (secondary N) is 2. The zero-order chi connectivity index (χ0) is 29.1. The number of aromatic nitrogens is 2. The summed E-state index contributed by atoms with van der Waals surface area (Å²) < 4.78 is 2.33. The number of hydrogen-bond donors (Lipinski definition) is 4. The molecule has 0 saturated heterocycles. The highest BCUT2D eigenvalue weighted by atomic mass is 32.1. The van der Waals surface area contributed by atoms with Crippen molar-refractivity contribution in [2.75, 3.05) is 26.3 Å². The fourth-order valence-corrected chi connectivity index (χ4v) is 7.55. The van der Waals surface area contributed by atoms with Gasteiger partial charge < -0.3 is 20.8 Å². The van der Waals surface area contributed by atoms with E-state index in [1.165, 1.54) is 42.8 Å². The van der Waals surface area contributed by atoms with Crippen LogP contribution in [0.25, 0.3) is 52.7 Å². The van der Waals surface area contributed by atoms with E-state index in [2.05, 4.69) is 97.3 Å². The number of rotatable bonds is 11. The predicted octanol–water partition coefficient (Wildman–Crippen LogP) is 6.69. The standard InChI is InChI=1S/C34H34N4O2S2/c1-21-25(5-3-7-27(21)33-37-29-11-9-23(17-31(29)41-33)19-35-13-15-39)26-6-4-8-28(22(26)2)34-38-30-12-10-24(18-32(30)42-34)20-36-14-16-40/h3-12,17-18,35-36,39-40H,13-16,19-20H2,1-2H3. The SMILES string of the molecule is Cc1c(-c2nc3ccc(CNCCO)cc3s2)cccc1-c1cccc(-c2nc3ccc(CNCCO)cc3s2)c1C. The molecule has 6 aromatic rings. The average Bonchev–Trinajstić information content (AvgIpc) is 3.61. The van der Waals surface area contributed by atoms with Gasteiger partial charge in [0.1, 0.15) is 10.0 Å². The van der Waals surface area contributed by atoms with Gasteiger partial charge >= 0.3 is 0 Å². The highest BCUT2D eigenvalue weighted by molar-refractivity contribution is 7.22. The molecule has 0 radical (unpaired) electrons. The van der Waals surface area contributed by atoms with Gasteiger partial charge in [-0.05, 0) is 71.5 Å². The normalized spacial score (nSPS) is 11.6. The van der Waals surface area contributed by atoms with E-state index in [0.29, 0.717) is 13.1 Å².